The third-order valence-corrected chi connectivity index (χ3v) is 11.6. The number of aromatic nitrogens is 8. The van der Waals surface area contributed by atoms with Crippen molar-refractivity contribution in [2.24, 2.45) is 11.5 Å². The predicted molar refractivity (Wildman–Crippen MR) is 271 cm³/mol. The Morgan fingerprint density at radius 1 is 0.671 bits per heavy atom. The number of ether oxygens (including phenoxy) is 3. The van der Waals surface area contributed by atoms with Crippen molar-refractivity contribution >= 4 is 69.7 Å². The number of hydrogen-bond donors (Lipinski definition) is 5. The molecular formula is C49H61N15O9. The van der Waals surface area contributed by atoms with Crippen LogP contribution in [0.5, 0.6) is 11.5 Å². The number of fused-ring (bicyclic) bond motifs is 2. The fraction of sp³-hybridized carbons (Fsp3) is 0.388. The van der Waals surface area contributed by atoms with Crippen LogP contribution in [0.4, 0.5) is 21.5 Å². The minimum absolute atomic E-state index is 0.000461. The summed E-state index contributed by atoms with van der Waals surface area (Å²) in [5.41, 5.74) is 14.5. The van der Waals surface area contributed by atoms with Crippen LogP contribution >= 0.6 is 0 Å². The van der Waals surface area contributed by atoms with E-state index < -0.39 is 35.3 Å². The van der Waals surface area contributed by atoms with Gasteiger partial charge in [0.1, 0.15) is 46.1 Å². The molecule has 24 heteroatoms. The number of allylic oxidation sites excluding steroid dienone is 2. The molecule has 24 nitrogen and oxygen atoms in total. The standard InChI is InChI=1S/C49H61N15O9/c1-9-63-35(23-29(3)57-63)43(67)55-45-53-33-25-31(41(50)65)27-37(71-8)39(33)61(45)16-12-13-17-62-40-34(54-46(62)56-44(68)36-24-30(4)58-64(36)10-2)26-32(42(51)66)28-38(40)72-22-14-11-15-52-47(69)59-18-20-60(21-19-59)48(70)73-49(5,6)7/h11-14,23-28H,9-10,15-22H2,1-8H3,(H2,50,65)(H2,51,66)(H,52,69)(H,53,55,67)(H,54,56,68)/b13-12+,14-11+. The van der Waals surface area contributed by atoms with Crippen LogP contribution in [0.1, 0.15) is 87.7 Å². The maximum Gasteiger partial charge on any atom is 0.410 e. The first-order chi connectivity index (χ1) is 34.8. The van der Waals surface area contributed by atoms with E-state index in [9.17, 15) is 28.8 Å². The van der Waals surface area contributed by atoms with Gasteiger partial charge in [-0.05, 0) is 90.9 Å². The molecular weight excluding hydrogens is 943 g/mol. The number of rotatable bonds is 18. The number of benzene rings is 2. The third kappa shape index (κ3) is 12.1. The number of carbonyl (C=O) groups excluding carboxylic acids is 6. The van der Waals surface area contributed by atoms with Crippen LogP contribution < -0.4 is 36.9 Å². The number of aryl methyl sites for hydroxylation is 4. The average Bonchev–Trinajstić information content (AvgIpc) is 4.12. The van der Waals surface area contributed by atoms with Gasteiger partial charge in [-0.25, -0.2) is 19.6 Å². The van der Waals surface area contributed by atoms with Crippen molar-refractivity contribution in [1.82, 2.24) is 53.8 Å². The molecule has 0 bridgehead atoms. The van der Waals surface area contributed by atoms with E-state index in [-0.39, 0.29) is 66.8 Å². The summed E-state index contributed by atoms with van der Waals surface area (Å²) in [6, 6.07) is 9.05. The monoisotopic (exact) mass is 1000 g/mol. The fourth-order valence-corrected chi connectivity index (χ4v) is 8.15. The van der Waals surface area contributed by atoms with Crippen molar-refractivity contribution in [3.8, 4) is 11.5 Å². The van der Waals surface area contributed by atoms with Crippen LogP contribution in [-0.2, 0) is 30.9 Å². The molecule has 6 aromatic rings. The Bertz CT molecular complexity index is 3140. The second-order valence-electron chi connectivity index (χ2n) is 18.0. The number of nitrogens with two attached hydrogens (primary N) is 2. The molecule has 0 aliphatic carbocycles. The van der Waals surface area contributed by atoms with E-state index in [0.717, 1.165) is 0 Å². The molecule has 0 saturated carbocycles. The summed E-state index contributed by atoms with van der Waals surface area (Å²) in [6.45, 7) is 15.4. The molecule has 1 fully saturated rings. The Morgan fingerprint density at radius 2 is 1.15 bits per heavy atom. The third-order valence-electron chi connectivity index (χ3n) is 11.6. The predicted octanol–water partition coefficient (Wildman–Crippen LogP) is 4.60. The highest BCUT2D eigenvalue weighted by Crippen LogP contribution is 2.33. The number of nitrogens with one attached hydrogen (secondary N) is 3. The number of amides is 7. The Labute approximate surface area is 420 Å². The Balaban J connectivity index is 1.15. The van der Waals surface area contributed by atoms with Crippen LogP contribution in [0.2, 0.25) is 0 Å². The highest BCUT2D eigenvalue weighted by Gasteiger charge is 2.28. The molecule has 1 aliphatic rings. The van der Waals surface area contributed by atoms with Crippen LogP contribution in [0.3, 0.4) is 0 Å². The molecule has 0 atom stereocenters. The van der Waals surface area contributed by atoms with Crippen molar-refractivity contribution in [3.63, 3.8) is 0 Å². The van der Waals surface area contributed by atoms with Gasteiger partial charge in [-0.3, -0.25) is 39.2 Å². The lowest BCUT2D eigenvalue weighted by atomic mass is 10.1. The molecule has 5 heterocycles. The van der Waals surface area contributed by atoms with E-state index in [1.54, 1.807) is 93.3 Å². The molecule has 73 heavy (non-hydrogen) atoms. The van der Waals surface area contributed by atoms with Crippen molar-refractivity contribution in [1.29, 1.82) is 0 Å². The Hall–Kier alpha value is -8.70. The van der Waals surface area contributed by atoms with Gasteiger partial charge in [0.2, 0.25) is 23.7 Å². The van der Waals surface area contributed by atoms with Crippen molar-refractivity contribution in [3.05, 3.63) is 94.6 Å². The molecule has 1 saturated heterocycles. The number of carbonyl (C=O) groups is 6. The molecule has 7 amide bonds. The summed E-state index contributed by atoms with van der Waals surface area (Å²) in [6.07, 6.45) is 6.61. The Morgan fingerprint density at radius 3 is 1.62 bits per heavy atom. The number of anilines is 2. The van der Waals surface area contributed by atoms with Gasteiger partial charge in [0.25, 0.3) is 11.8 Å². The lowest BCUT2D eigenvalue weighted by Crippen LogP contribution is -2.53. The first-order valence-electron chi connectivity index (χ1n) is 23.7. The van der Waals surface area contributed by atoms with Gasteiger partial charge < -0.3 is 49.9 Å². The fourth-order valence-electron chi connectivity index (χ4n) is 8.15. The Kier molecular flexibility index (Phi) is 15.8. The van der Waals surface area contributed by atoms with Gasteiger partial charge >= 0.3 is 12.1 Å². The first kappa shape index (κ1) is 52.1. The minimum atomic E-state index is -0.734. The molecule has 7 rings (SSSR count). The molecule has 2 aromatic carbocycles. The van der Waals surface area contributed by atoms with Gasteiger partial charge in [-0.2, -0.15) is 10.2 Å². The maximum atomic E-state index is 13.9. The lowest BCUT2D eigenvalue weighted by molar-refractivity contribution is 0.0170. The number of urea groups is 1. The summed E-state index contributed by atoms with van der Waals surface area (Å²) in [7, 11) is 1.44. The number of imidazole rings is 2. The van der Waals surface area contributed by atoms with E-state index in [0.29, 0.717) is 84.1 Å². The van der Waals surface area contributed by atoms with Gasteiger partial charge in [0.15, 0.2) is 0 Å². The zero-order chi connectivity index (χ0) is 52.7. The van der Waals surface area contributed by atoms with Gasteiger partial charge in [0, 0.05) is 70.0 Å². The van der Waals surface area contributed by atoms with Crippen molar-refractivity contribution < 1.29 is 43.0 Å². The van der Waals surface area contributed by atoms with E-state index in [1.807, 2.05) is 19.9 Å². The van der Waals surface area contributed by atoms with E-state index >= 15 is 0 Å². The molecule has 4 aromatic heterocycles. The zero-order valence-electron chi connectivity index (χ0n) is 42.1. The SMILES string of the molecule is CCn1nc(C)cc1C(=O)Nc1nc2cc(C(N)=O)cc(OC)c2n1C/C=C/Cn1c(NC(=O)c2cc(C)nn2CC)nc2cc(C(N)=O)cc(OC/C=C/CNC(=O)N3CCN(C(=O)OC(C)(C)C)CC3)c21. The largest absolute Gasteiger partial charge is 0.494 e. The second kappa shape index (κ2) is 22.2. The van der Waals surface area contributed by atoms with E-state index in [2.05, 4.69) is 26.1 Å². The quantitative estimate of drug-likeness (QED) is 0.0737. The van der Waals surface area contributed by atoms with E-state index in [1.165, 1.54) is 31.4 Å². The summed E-state index contributed by atoms with van der Waals surface area (Å²) in [5.74, 6) is -1.60. The molecule has 386 valence electrons. The summed E-state index contributed by atoms with van der Waals surface area (Å²) in [4.78, 5) is 90.7. The summed E-state index contributed by atoms with van der Waals surface area (Å²) >= 11 is 0. The number of hydrogen-bond acceptors (Lipinski definition) is 13. The first-order valence-corrected chi connectivity index (χ1v) is 23.7. The molecule has 7 N–H and O–H groups in total. The van der Waals surface area contributed by atoms with Crippen LogP contribution in [0, 0.1) is 13.8 Å². The van der Waals surface area contributed by atoms with E-state index in [4.69, 9.17) is 35.6 Å². The summed E-state index contributed by atoms with van der Waals surface area (Å²) < 4.78 is 24.0. The maximum absolute atomic E-state index is 13.9. The van der Waals surface area contributed by atoms with Crippen LogP contribution in [0.15, 0.2) is 60.7 Å². The van der Waals surface area contributed by atoms with Crippen molar-refractivity contribution in [2.45, 2.75) is 80.2 Å². The number of primary amides is 2. The zero-order valence-corrected chi connectivity index (χ0v) is 42.1. The lowest BCUT2D eigenvalue weighted by Gasteiger charge is -2.35. The highest BCUT2D eigenvalue weighted by atomic mass is 16.6. The molecule has 0 unspecified atom stereocenters. The smallest absolute Gasteiger partial charge is 0.410 e. The van der Waals surface area contributed by atoms with Crippen molar-refractivity contribution in [2.75, 3.05) is 57.1 Å². The summed E-state index contributed by atoms with van der Waals surface area (Å²) in [5, 5.41) is 17.5. The second-order valence-corrected chi connectivity index (χ2v) is 18.0. The molecule has 0 spiro atoms. The highest BCUT2D eigenvalue weighted by molar-refractivity contribution is 6.05. The molecule has 1 aliphatic heterocycles. The number of nitrogens with zero attached hydrogens (tertiary/aromatic N) is 10. The van der Waals surface area contributed by atoms with Gasteiger partial charge in [-0.1, -0.05) is 18.2 Å². The van der Waals surface area contributed by atoms with Crippen LogP contribution in [-0.4, -0.2) is 136 Å². The number of piperazine rings is 1. The average molecular weight is 1000 g/mol. The number of methoxy groups -OCH3 is 1. The molecule has 0 radical (unpaired) electrons. The topological polar surface area (TPSA) is 296 Å². The minimum Gasteiger partial charge on any atom is -0.494 e. The van der Waals surface area contributed by atoms with Gasteiger partial charge in [0.05, 0.1) is 29.5 Å². The van der Waals surface area contributed by atoms with Gasteiger partial charge in [-0.15, -0.1) is 0 Å². The normalized spacial score (nSPS) is 13.0. The van der Waals surface area contributed by atoms with Crippen LogP contribution in [0.25, 0.3) is 22.1 Å².